The van der Waals surface area contributed by atoms with Gasteiger partial charge in [0.15, 0.2) is 0 Å². The molecule has 0 aliphatic rings. The zero-order valence-electron chi connectivity index (χ0n) is 11.8. The summed E-state index contributed by atoms with van der Waals surface area (Å²) in [5.74, 6) is -0.254. The number of carbonyl (C=O) groups excluding carboxylic acids is 2. The molecule has 2 aromatic rings. The van der Waals surface area contributed by atoms with E-state index in [1.54, 1.807) is 6.07 Å². The van der Waals surface area contributed by atoms with Gasteiger partial charge in [0, 0.05) is 4.88 Å². The Morgan fingerprint density at radius 3 is 2.43 bits per heavy atom. The summed E-state index contributed by atoms with van der Waals surface area (Å²) in [6, 6.07) is 8.92. The van der Waals surface area contributed by atoms with Crippen molar-refractivity contribution in [2.45, 2.75) is 19.8 Å². The molecular formula is C15H17N3O2S. The normalized spacial score (nSPS) is 10.6. The zero-order chi connectivity index (χ0) is 15.6. The van der Waals surface area contributed by atoms with E-state index in [4.69, 9.17) is 11.5 Å². The van der Waals surface area contributed by atoms with E-state index >= 15 is 0 Å². The quantitative estimate of drug-likeness (QED) is 0.808. The van der Waals surface area contributed by atoms with Crippen LogP contribution in [0.5, 0.6) is 0 Å². The summed E-state index contributed by atoms with van der Waals surface area (Å²) in [5.41, 5.74) is 12.9. The van der Waals surface area contributed by atoms with Crippen LogP contribution < -0.4 is 16.8 Å². The zero-order valence-corrected chi connectivity index (χ0v) is 12.7. The second kappa shape index (κ2) is 5.97. The molecule has 0 fully saturated rings. The molecule has 1 aromatic carbocycles. The number of rotatable bonds is 4. The molecule has 2 rings (SSSR count). The van der Waals surface area contributed by atoms with Crippen molar-refractivity contribution in [1.82, 2.24) is 0 Å². The van der Waals surface area contributed by atoms with E-state index < -0.39 is 11.9 Å². The molecule has 5 N–H and O–H groups in total. The highest BCUT2D eigenvalue weighted by molar-refractivity contribution is 7.20. The Labute approximate surface area is 127 Å². The Balaban J connectivity index is 2.55. The van der Waals surface area contributed by atoms with Crippen LogP contribution in [0, 0.1) is 0 Å². The van der Waals surface area contributed by atoms with Crippen molar-refractivity contribution in [2.24, 2.45) is 11.5 Å². The summed E-state index contributed by atoms with van der Waals surface area (Å²) < 4.78 is 0. The van der Waals surface area contributed by atoms with Crippen LogP contribution in [0.25, 0.3) is 10.4 Å². The first-order valence-electron chi connectivity index (χ1n) is 6.49. The summed E-state index contributed by atoms with van der Waals surface area (Å²) in [4.78, 5) is 23.4. The number of primary amides is 2. The largest absolute Gasteiger partial charge is 0.366 e. The summed E-state index contributed by atoms with van der Waals surface area (Å²) in [7, 11) is 0. The molecule has 0 bridgehead atoms. The molecule has 3 amide bonds. The molecule has 0 saturated heterocycles. The van der Waals surface area contributed by atoms with Crippen LogP contribution in [-0.4, -0.2) is 11.9 Å². The van der Waals surface area contributed by atoms with Gasteiger partial charge in [-0.1, -0.05) is 38.1 Å². The standard InChI is InChI=1S/C15H17N3O2S/c1-8(2)9-5-3-4-6-10(9)12-7-11(13(16)19)14(21-12)18-15(17)20/h3-8H,1-2H3,(H2,16,19)(H3,17,18,20). The third-order valence-electron chi connectivity index (χ3n) is 3.08. The molecule has 6 heteroatoms. The first-order chi connectivity index (χ1) is 9.90. The molecule has 110 valence electrons. The van der Waals surface area contributed by atoms with Crippen LogP contribution in [0.1, 0.15) is 35.7 Å². The van der Waals surface area contributed by atoms with Crippen molar-refractivity contribution in [1.29, 1.82) is 0 Å². The minimum atomic E-state index is -0.719. The van der Waals surface area contributed by atoms with Crippen LogP contribution in [0.2, 0.25) is 0 Å². The number of carbonyl (C=O) groups is 2. The summed E-state index contributed by atoms with van der Waals surface area (Å²) >= 11 is 1.29. The van der Waals surface area contributed by atoms with Gasteiger partial charge >= 0.3 is 6.03 Å². The maximum absolute atomic E-state index is 11.5. The van der Waals surface area contributed by atoms with Crippen LogP contribution in [0.3, 0.4) is 0 Å². The van der Waals surface area contributed by atoms with Crippen LogP contribution >= 0.6 is 11.3 Å². The van der Waals surface area contributed by atoms with E-state index in [1.807, 2.05) is 24.3 Å². The SMILES string of the molecule is CC(C)c1ccccc1-c1cc(C(N)=O)c(NC(N)=O)s1. The minimum Gasteiger partial charge on any atom is -0.366 e. The average Bonchev–Trinajstić information content (AvgIpc) is 2.81. The lowest BCUT2D eigenvalue weighted by Gasteiger charge is -2.10. The maximum atomic E-state index is 11.5. The summed E-state index contributed by atoms with van der Waals surface area (Å²) in [6.07, 6.45) is 0. The Morgan fingerprint density at radius 1 is 1.19 bits per heavy atom. The maximum Gasteiger partial charge on any atom is 0.317 e. The van der Waals surface area contributed by atoms with Gasteiger partial charge in [-0.25, -0.2) is 4.79 Å². The number of amides is 3. The van der Waals surface area contributed by atoms with Crippen molar-refractivity contribution >= 4 is 28.3 Å². The first-order valence-corrected chi connectivity index (χ1v) is 7.31. The Hall–Kier alpha value is -2.34. The van der Waals surface area contributed by atoms with Gasteiger partial charge in [0.2, 0.25) is 0 Å². The van der Waals surface area contributed by atoms with Crippen LogP contribution in [0.15, 0.2) is 30.3 Å². The minimum absolute atomic E-state index is 0.271. The lowest BCUT2D eigenvalue weighted by molar-refractivity contribution is 0.100. The lowest BCUT2D eigenvalue weighted by Crippen LogP contribution is -2.21. The van der Waals surface area contributed by atoms with Gasteiger partial charge in [-0.05, 0) is 23.1 Å². The number of benzene rings is 1. The molecule has 0 atom stereocenters. The molecule has 1 heterocycles. The molecule has 0 aliphatic carbocycles. The van der Waals surface area contributed by atoms with Crippen molar-refractivity contribution in [3.05, 3.63) is 41.5 Å². The van der Waals surface area contributed by atoms with Gasteiger partial charge in [0.25, 0.3) is 5.91 Å². The van der Waals surface area contributed by atoms with E-state index in [0.29, 0.717) is 10.9 Å². The Bertz CT molecular complexity index is 692. The molecule has 0 aliphatic heterocycles. The van der Waals surface area contributed by atoms with E-state index in [0.717, 1.165) is 10.4 Å². The van der Waals surface area contributed by atoms with Gasteiger partial charge in [-0.3, -0.25) is 10.1 Å². The second-order valence-corrected chi connectivity index (χ2v) is 6.00. The third kappa shape index (κ3) is 3.22. The third-order valence-corrected chi connectivity index (χ3v) is 4.17. The number of thiophene rings is 1. The van der Waals surface area contributed by atoms with Crippen LogP contribution in [-0.2, 0) is 0 Å². The predicted molar refractivity (Wildman–Crippen MR) is 85.6 cm³/mol. The molecule has 21 heavy (non-hydrogen) atoms. The fourth-order valence-electron chi connectivity index (χ4n) is 2.14. The fraction of sp³-hybridized carbons (Fsp3) is 0.200. The highest BCUT2D eigenvalue weighted by Gasteiger charge is 2.18. The smallest absolute Gasteiger partial charge is 0.317 e. The lowest BCUT2D eigenvalue weighted by atomic mass is 9.96. The Morgan fingerprint density at radius 2 is 1.86 bits per heavy atom. The molecule has 5 nitrogen and oxygen atoms in total. The molecule has 1 aromatic heterocycles. The van der Waals surface area contributed by atoms with E-state index in [1.165, 1.54) is 16.9 Å². The van der Waals surface area contributed by atoms with Crippen molar-refractivity contribution in [2.75, 3.05) is 5.32 Å². The fourth-order valence-corrected chi connectivity index (χ4v) is 3.25. The second-order valence-electron chi connectivity index (χ2n) is 4.95. The number of urea groups is 1. The molecular weight excluding hydrogens is 286 g/mol. The van der Waals surface area contributed by atoms with Crippen molar-refractivity contribution in [3.63, 3.8) is 0 Å². The van der Waals surface area contributed by atoms with E-state index in [2.05, 4.69) is 19.2 Å². The van der Waals surface area contributed by atoms with Gasteiger partial charge in [0.05, 0.1) is 5.56 Å². The number of hydrogen-bond donors (Lipinski definition) is 3. The number of anilines is 1. The Kier molecular flexibility index (Phi) is 4.28. The van der Waals surface area contributed by atoms with Crippen LogP contribution in [0.4, 0.5) is 9.80 Å². The number of hydrogen-bond acceptors (Lipinski definition) is 3. The number of nitrogens with two attached hydrogens (primary N) is 2. The van der Waals surface area contributed by atoms with Crippen molar-refractivity contribution < 1.29 is 9.59 Å². The first kappa shape index (κ1) is 15.1. The highest BCUT2D eigenvalue weighted by atomic mass is 32.1. The summed E-state index contributed by atoms with van der Waals surface area (Å²) in [6.45, 7) is 4.20. The van der Waals surface area contributed by atoms with Crippen molar-refractivity contribution in [3.8, 4) is 10.4 Å². The topological polar surface area (TPSA) is 98.2 Å². The summed E-state index contributed by atoms with van der Waals surface area (Å²) in [5, 5.41) is 2.83. The molecule has 0 saturated carbocycles. The highest BCUT2D eigenvalue weighted by Crippen LogP contribution is 2.38. The van der Waals surface area contributed by atoms with Gasteiger partial charge in [-0.2, -0.15) is 0 Å². The van der Waals surface area contributed by atoms with Gasteiger partial charge in [-0.15, -0.1) is 11.3 Å². The molecule has 0 spiro atoms. The average molecular weight is 303 g/mol. The predicted octanol–water partition coefficient (Wildman–Crippen LogP) is 3.13. The van der Waals surface area contributed by atoms with Gasteiger partial charge < -0.3 is 11.5 Å². The van der Waals surface area contributed by atoms with Gasteiger partial charge in [0.1, 0.15) is 5.00 Å². The number of nitrogens with one attached hydrogen (secondary N) is 1. The monoisotopic (exact) mass is 303 g/mol. The van der Waals surface area contributed by atoms with E-state index in [-0.39, 0.29) is 5.56 Å². The molecule has 0 radical (unpaired) electrons. The van der Waals surface area contributed by atoms with E-state index in [9.17, 15) is 9.59 Å². The molecule has 0 unspecified atom stereocenters.